The summed E-state index contributed by atoms with van der Waals surface area (Å²) in [6.07, 6.45) is 0. The van der Waals surface area contributed by atoms with Crippen LogP contribution in [0.3, 0.4) is 0 Å². The fourth-order valence-corrected chi connectivity index (χ4v) is 2.86. The number of aryl methyl sites for hydroxylation is 4. The van der Waals surface area contributed by atoms with Crippen LogP contribution in [0.15, 0.2) is 42.5 Å². The second-order valence-corrected chi connectivity index (χ2v) is 6.79. The number of carbonyl (C=O) groups is 1. The molecule has 0 atom stereocenters. The number of amides is 1. The molecule has 1 heterocycles. The van der Waals surface area contributed by atoms with Gasteiger partial charge in [0.15, 0.2) is 0 Å². The largest absolute Gasteiger partial charge is 0.495 e. The van der Waals surface area contributed by atoms with Crippen LogP contribution in [0.25, 0.3) is 0 Å². The number of hydrogen-bond donors (Lipinski definition) is 2. The first-order valence-corrected chi connectivity index (χ1v) is 9.01. The first kappa shape index (κ1) is 19.4. The van der Waals surface area contributed by atoms with Gasteiger partial charge in [-0.05, 0) is 62.6 Å². The molecule has 0 aliphatic rings. The summed E-state index contributed by atoms with van der Waals surface area (Å²) in [7, 11) is 1.57. The van der Waals surface area contributed by atoms with Crippen LogP contribution >= 0.6 is 0 Å². The standard InChI is InChI=1S/C22H24N4O2/c1-13-6-8-15(3)17(10-13)25-21-12-19(23-16(4)24-21)22(27)26-18-11-14(2)7-9-20(18)28-5/h6-12H,1-5H3,(H,26,27)(H,23,24,25). The molecule has 3 aromatic rings. The summed E-state index contributed by atoms with van der Waals surface area (Å²) >= 11 is 0. The molecule has 0 aliphatic carbocycles. The van der Waals surface area contributed by atoms with Gasteiger partial charge in [-0.2, -0.15) is 0 Å². The van der Waals surface area contributed by atoms with Gasteiger partial charge in [-0.25, -0.2) is 9.97 Å². The summed E-state index contributed by atoms with van der Waals surface area (Å²) in [5.41, 5.74) is 5.09. The van der Waals surface area contributed by atoms with E-state index in [2.05, 4.69) is 26.7 Å². The van der Waals surface area contributed by atoms with E-state index in [1.165, 1.54) is 0 Å². The van der Waals surface area contributed by atoms with Crippen LogP contribution in [0.5, 0.6) is 5.75 Å². The van der Waals surface area contributed by atoms with Gasteiger partial charge in [0, 0.05) is 11.8 Å². The van der Waals surface area contributed by atoms with Crippen molar-refractivity contribution in [3.8, 4) is 5.75 Å². The second kappa shape index (κ2) is 8.08. The number of ether oxygens (including phenoxy) is 1. The van der Waals surface area contributed by atoms with Crippen molar-refractivity contribution in [2.24, 2.45) is 0 Å². The number of carbonyl (C=O) groups excluding carboxylic acids is 1. The Morgan fingerprint density at radius 3 is 2.29 bits per heavy atom. The van der Waals surface area contributed by atoms with Crippen molar-refractivity contribution in [3.63, 3.8) is 0 Å². The topological polar surface area (TPSA) is 76.1 Å². The molecule has 0 fully saturated rings. The lowest BCUT2D eigenvalue weighted by Crippen LogP contribution is -2.16. The van der Waals surface area contributed by atoms with Gasteiger partial charge in [0.1, 0.15) is 23.1 Å². The molecule has 2 N–H and O–H groups in total. The van der Waals surface area contributed by atoms with Crippen LogP contribution < -0.4 is 15.4 Å². The Morgan fingerprint density at radius 1 is 0.893 bits per heavy atom. The van der Waals surface area contributed by atoms with E-state index in [0.717, 1.165) is 22.4 Å². The molecule has 0 saturated heterocycles. The highest BCUT2D eigenvalue weighted by atomic mass is 16.5. The molecular weight excluding hydrogens is 352 g/mol. The molecular formula is C22H24N4O2. The van der Waals surface area contributed by atoms with Gasteiger partial charge in [-0.3, -0.25) is 4.79 Å². The molecule has 0 radical (unpaired) electrons. The van der Waals surface area contributed by atoms with Gasteiger partial charge in [-0.15, -0.1) is 0 Å². The van der Waals surface area contributed by atoms with Crippen LogP contribution in [0.2, 0.25) is 0 Å². The van der Waals surface area contributed by atoms with E-state index < -0.39 is 0 Å². The van der Waals surface area contributed by atoms with Gasteiger partial charge >= 0.3 is 0 Å². The Morgan fingerprint density at radius 2 is 1.57 bits per heavy atom. The predicted octanol–water partition coefficient (Wildman–Crippen LogP) is 4.71. The van der Waals surface area contributed by atoms with Crippen molar-refractivity contribution in [1.29, 1.82) is 0 Å². The maximum atomic E-state index is 12.8. The fourth-order valence-electron chi connectivity index (χ4n) is 2.86. The highest BCUT2D eigenvalue weighted by Gasteiger charge is 2.14. The lowest BCUT2D eigenvalue weighted by atomic mass is 10.1. The zero-order chi connectivity index (χ0) is 20.3. The van der Waals surface area contributed by atoms with Gasteiger partial charge in [0.05, 0.1) is 12.8 Å². The Hall–Kier alpha value is -3.41. The zero-order valence-electron chi connectivity index (χ0n) is 16.8. The zero-order valence-corrected chi connectivity index (χ0v) is 16.8. The summed E-state index contributed by atoms with van der Waals surface area (Å²) in [6.45, 7) is 7.77. The molecule has 0 bridgehead atoms. The molecule has 6 heteroatoms. The van der Waals surface area contributed by atoms with Gasteiger partial charge < -0.3 is 15.4 Å². The molecule has 0 unspecified atom stereocenters. The minimum Gasteiger partial charge on any atom is -0.495 e. The molecule has 0 spiro atoms. The molecule has 1 amide bonds. The molecule has 3 rings (SSSR count). The molecule has 2 aromatic carbocycles. The first-order valence-electron chi connectivity index (χ1n) is 9.01. The quantitative estimate of drug-likeness (QED) is 0.674. The van der Waals surface area contributed by atoms with E-state index in [9.17, 15) is 4.79 Å². The average Bonchev–Trinajstić information content (AvgIpc) is 2.64. The van der Waals surface area contributed by atoms with Crippen LogP contribution in [0, 0.1) is 27.7 Å². The first-order chi connectivity index (χ1) is 13.4. The Bertz CT molecular complexity index is 1030. The number of nitrogens with one attached hydrogen (secondary N) is 2. The lowest BCUT2D eigenvalue weighted by molar-refractivity contribution is 0.102. The third-order valence-electron chi connectivity index (χ3n) is 4.33. The molecule has 144 valence electrons. The van der Waals surface area contributed by atoms with Crippen LogP contribution in [-0.4, -0.2) is 23.0 Å². The average molecular weight is 376 g/mol. The lowest BCUT2D eigenvalue weighted by Gasteiger charge is -2.13. The van der Waals surface area contributed by atoms with E-state index in [0.29, 0.717) is 23.1 Å². The Kier molecular flexibility index (Phi) is 5.59. The Labute approximate surface area is 165 Å². The SMILES string of the molecule is COc1ccc(C)cc1NC(=O)c1cc(Nc2cc(C)ccc2C)nc(C)n1. The Balaban J connectivity index is 1.88. The normalized spacial score (nSPS) is 10.5. The smallest absolute Gasteiger partial charge is 0.274 e. The number of nitrogens with zero attached hydrogens (tertiary/aromatic N) is 2. The van der Waals surface area contributed by atoms with E-state index in [1.807, 2.05) is 51.1 Å². The fraction of sp³-hybridized carbons (Fsp3) is 0.227. The van der Waals surface area contributed by atoms with Crippen molar-refractivity contribution < 1.29 is 9.53 Å². The van der Waals surface area contributed by atoms with E-state index >= 15 is 0 Å². The number of hydrogen-bond acceptors (Lipinski definition) is 5. The predicted molar refractivity (Wildman–Crippen MR) is 112 cm³/mol. The highest BCUT2D eigenvalue weighted by Crippen LogP contribution is 2.26. The molecule has 0 aliphatic heterocycles. The van der Waals surface area contributed by atoms with Crippen molar-refractivity contribution in [3.05, 3.63) is 70.7 Å². The van der Waals surface area contributed by atoms with Gasteiger partial charge in [-0.1, -0.05) is 18.2 Å². The van der Waals surface area contributed by atoms with Crippen molar-refractivity contribution >= 4 is 23.1 Å². The molecule has 0 saturated carbocycles. The number of anilines is 3. The van der Waals surface area contributed by atoms with Crippen LogP contribution in [0.1, 0.15) is 33.0 Å². The van der Waals surface area contributed by atoms with E-state index in [1.54, 1.807) is 20.1 Å². The minimum atomic E-state index is -0.321. The number of benzene rings is 2. The van der Waals surface area contributed by atoms with Gasteiger partial charge in [0.2, 0.25) is 0 Å². The highest BCUT2D eigenvalue weighted by molar-refractivity contribution is 6.04. The number of rotatable bonds is 5. The number of methoxy groups -OCH3 is 1. The summed E-state index contributed by atoms with van der Waals surface area (Å²) in [4.78, 5) is 21.5. The van der Waals surface area contributed by atoms with Gasteiger partial charge in [0.25, 0.3) is 5.91 Å². The maximum Gasteiger partial charge on any atom is 0.274 e. The molecule has 28 heavy (non-hydrogen) atoms. The van der Waals surface area contributed by atoms with Crippen molar-refractivity contribution in [1.82, 2.24) is 9.97 Å². The summed E-state index contributed by atoms with van der Waals surface area (Å²) in [5.74, 6) is 1.36. The van der Waals surface area contributed by atoms with Crippen molar-refractivity contribution in [2.75, 3.05) is 17.7 Å². The molecule has 1 aromatic heterocycles. The summed E-state index contributed by atoms with van der Waals surface area (Å²) in [5, 5.41) is 6.16. The van der Waals surface area contributed by atoms with Crippen LogP contribution in [0.4, 0.5) is 17.2 Å². The van der Waals surface area contributed by atoms with E-state index in [-0.39, 0.29) is 11.6 Å². The van der Waals surface area contributed by atoms with E-state index in [4.69, 9.17) is 4.74 Å². The van der Waals surface area contributed by atoms with Crippen LogP contribution in [-0.2, 0) is 0 Å². The maximum absolute atomic E-state index is 12.8. The summed E-state index contributed by atoms with van der Waals surface area (Å²) in [6, 6.07) is 13.4. The summed E-state index contributed by atoms with van der Waals surface area (Å²) < 4.78 is 5.33. The monoisotopic (exact) mass is 376 g/mol. The third-order valence-corrected chi connectivity index (χ3v) is 4.33. The van der Waals surface area contributed by atoms with Crippen molar-refractivity contribution in [2.45, 2.75) is 27.7 Å². The third kappa shape index (κ3) is 4.46. The minimum absolute atomic E-state index is 0.281. The number of aromatic nitrogens is 2. The molecule has 6 nitrogen and oxygen atoms in total. The second-order valence-electron chi connectivity index (χ2n) is 6.79.